The maximum Gasteiger partial charge on any atom is 0.0791 e. The van der Waals surface area contributed by atoms with Gasteiger partial charge >= 0.3 is 0 Å². The number of rotatable bonds is 6. The van der Waals surface area contributed by atoms with E-state index >= 15 is 0 Å². The van der Waals surface area contributed by atoms with Crippen molar-refractivity contribution < 1.29 is 14.6 Å². The molecular formula is C17H26N2O3. The third-order valence-corrected chi connectivity index (χ3v) is 4.39. The highest BCUT2D eigenvalue weighted by Gasteiger charge is 2.16. The minimum atomic E-state index is -0.332. The fraction of sp³-hybridized carbons (Fsp3) is 0.647. The molecular weight excluding hydrogens is 280 g/mol. The minimum Gasteiger partial charge on any atom is -0.390 e. The van der Waals surface area contributed by atoms with Crippen LogP contribution >= 0.6 is 0 Å². The lowest BCUT2D eigenvalue weighted by atomic mass is 9.97. The molecule has 2 heterocycles. The number of morpholine rings is 1. The molecule has 0 bridgehead atoms. The van der Waals surface area contributed by atoms with Gasteiger partial charge in [0.05, 0.1) is 32.5 Å². The first-order valence-corrected chi connectivity index (χ1v) is 8.19. The van der Waals surface area contributed by atoms with Crippen LogP contribution in [0, 0.1) is 0 Å². The second-order valence-corrected chi connectivity index (χ2v) is 6.06. The zero-order valence-corrected chi connectivity index (χ0v) is 13.1. The van der Waals surface area contributed by atoms with Crippen molar-refractivity contribution in [2.24, 2.45) is 0 Å². The van der Waals surface area contributed by atoms with Crippen LogP contribution in [0.5, 0.6) is 0 Å². The number of β-amino-alcohol motifs (C(OH)–C–C–N with tert-alkyl or cyclic N) is 1. The Bertz CT molecular complexity index is 475. The van der Waals surface area contributed by atoms with Gasteiger partial charge < -0.3 is 19.9 Å². The molecule has 5 nitrogen and oxygen atoms in total. The molecule has 1 aromatic rings. The molecule has 3 rings (SSSR count). The Morgan fingerprint density at radius 1 is 1.18 bits per heavy atom. The lowest BCUT2D eigenvalue weighted by molar-refractivity contribution is 0.0149. The third-order valence-electron chi connectivity index (χ3n) is 4.39. The summed E-state index contributed by atoms with van der Waals surface area (Å²) in [7, 11) is 0. The van der Waals surface area contributed by atoms with Crippen LogP contribution in [0.4, 0.5) is 0 Å². The van der Waals surface area contributed by atoms with E-state index in [-0.39, 0.29) is 6.10 Å². The molecule has 0 amide bonds. The summed E-state index contributed by atoms with van der Waals surface area (Å²) in [5.74, 6) is 0. The fourth-order valence-corrected chi connectivity index (χ4v) is 3.19. The first-order valence-electron chi connectivity index (χ1n) is 8.19. The number of hydrogen-bond acceptors (Lipinski definition) is 5. The highest BCUT2D eigenvalue weighted by Crippen LogP contribution is 2.20. The molecule has 0 aliphatic carbocycles. The summed E-state index contributed by atoms with van der Waals surface area (Å²) in [6.07, 6.45) is 0.657. The molecule has 1 unspecified atom stereocenters. The van der Waals surface area contributed by atoms with E-state index in [1.165, 1.54) is 16.7 Å². The summed E-state index contributed by atoms with van der Waals surface area (Å²) in [5, 5.41) is 13.5. The van der Waals surface area contributed by atoms with E-state index in [0.29, 0.717) is 6.54 Å². The number of hydrogen-bond donors (Lipinski definition) is 2. The average Bonchev–Trinajstić information content (AvgIpc) is 2.56. The SMILES string of the molecule is OC(CNCc1cccc2c1CCOC2)CN1CCOCC1. The van der Waals surface area contributed by atoms with Crippen molar-refractivity contribution in [2.45, 2.75) is 25.7 Å². The van der Waals surface area contributed by atoms with Crippen LogP contribution in [-0.4, -0.2) is 62.1 Å². The van der Waals surface area contributed by atoms with Crippen molar-refractivity contribution in [3.05, 3.63) is 34.9 Å². The molecule has 0 saturated carbocycles. The zero-order valence-electron chi connectivity index (χ0n) is 13.1. The number of ether oxygens (including phenoxy) is 2. The normalized spacial score (nSPS) is 20.6. The van der Waals surface area contributed by atoms with E-state index in [4.69, 9.17) is 9.47 Å². The van der Waals surface area contributed by atoms with Crippen molar-refractivity contribution >= 4 is 0 Å². The number of nitrogens with zero attached hydrogens (tertiary/aromatic N) is 1. The predicted octanol–water partition coefficient (Wildman–Crippen LogP) is 0.542. The van der Waals surface area contributed by atoms with Crippen molar-refractivity contribution in [3.63, 3.8) is 0 Å². The molecule has 0 spiro atoms. The fourth-order valence-electron chi connectivity index (χ4n) is 3.19. The van der Waals surface area contributed by atoms with E-state index in [1.807, 2.05) is 0 Å². The van der Waals surface area contributed by atoms with Gasteiger partial charge in [0.1, 0.15) is 0 Å². The molecule has 1 atom stereocenters. The molecule has 1 saturated heterocycles. The summed E-state index contributed by atoms with van der Waals surface area (Å²) < 4.78 is 10.8. The van der Waals surface area contributed by atoms with Gasteiger partial charge in [-0.05, 0) is 23.1 Å². The Hall–Kier alpha value is -0.980. The monoisotopic (exact) mass is 306 g/mol. The molecule has 2 aliphatic rings. The minimum absolute atomic E-state index is 0.332. The van der Waals surface area contributed by atoms with Gasteiger partial charge in [0.25, 0.3) is 0 Å². The molecule has 0 aromatic heterocycles. The van der Waals surface area contributed by atoms with Crippen LogP contribution in [0.3, 0.4) is 0 Å². The second kappa shape index (κ2) is 8.04. The lowest BCUT2D eigenvalue weighted by Gasteiger charge is -2.28. The van der Waals surface area contributed by atoms with Gasteiger partial charge in [-0.2, -0.15) is 0 Å². The van der Waals surface area contributed by atoms with Gasteiger partial charge in [0.2, 0.25) is 0 Å². The maximum absolute atomic E-state index is 10.2. The Labute approximate surface area is 132 Å². The van der Waals surface area contributed by atoms with E-state index < -0.39 is 0 Å². The molecule has 0 radical (unpaired) electrons. The molecule has 122 valence electrons. The van der Waals surface area contributed by atoms with Crippen molar-refractivity contribution in [3.8, 4) is 0 Å². The number of aliphatic hydroxyl groups is 1. The summed E-state index contributed by atoms with van der Waals surface area (Å²) in [4.78, 5) is 2.26. The molecule has 5 heteroatoms. The van der Waals surface area contributed by atoms with Crippen LogP contribution in [0.25, 0.3) is 0 Å². The quantitative estimate of drug-likeness (QED) is 0.803. The molecule has 1 fully saturated rings. The van der Waals surface area contributed by atoms with E-state index in [1.54, 1.807) is 0 Å². The van der Waals surface area contributed by atoms with Gasteiger partial charge in [0.15, 0.2) is 0 Å². The second-order valence-electron chi connectivity index (χ2n) is 6.06. The lowest BCUT2D eigenvalue weighted by Crippen LogP contribution is -2.43. The number of benzene rings is 1. The summed E-state index contributed by atoms with van der Waals surface area (Å²) in [6.45, 7) is 7.08. The largest absolute Gasteiger partial charge is 0.390 e. The summed E-state index contributed by atoms with van der Waals surface area (Å²) in [5.41, 5.74) is 4.06. The van der Waals surface area contributed by atoms with Crippen LogP contribution in [0.2, 0.25) is 0 Å². The van der Waals surface area contributed by atoms with Gasteiger partial charge in [0, 0.05) is 32.7 Å². The van der Waals surface area contributed by atoms with E-state index in [2.05, 4.69) is 28.4 Å². The first-order chi connectivity index (χ1) is 10.8. The van der Waals surface area contributed by atoms with E-state index in [9.17, 15) is 5.11 Å². The zero-order chi connectivity index (χ0) is 15.2. The Morgan fingerprint density at radius 2 is 2.05 bits per heavy atom. The van der Waals surface area contributed by atoms with Crippen LogP contribution in [0.1, 0.15) is 16.7 Å². The van der Waals surface area contributed by atoms with Gasteiger partial charge in [-0.1, -0.05) is 18.2 Å². The van der Waals surface area contributed by atoms with Crippen molar-refractivity contribution in [1.29, 1.82) is 0 Å². The standard InChI is InChI=1S/C17H26N2O3/c20-16(12-19-5-8-21-9-6-19)11-18-10-14-2-1-3-15-13-22-7-4-17(14)15/h1-3,16,18,20H,4-13H2. The van der Waals surface area contributed by atoms with Crippen LogP contribution < -0.4 is 5.32 Å². The van der Waals surface area contributed by atoms with Gasteiger partial charge in [-0.15, -0.1) is 0 Å². The number of aliphatic hydroxyl groups excluding tert-OH is 1. The third kappa shape index (κ3) is 4.27. The maximum atomic E-state index is 10.2. The topological polar surface area (TPSA) is 54.0 Å². The van der Waals surface area contributed by atoms with Gasteiger partial charge in [-0.3, -0.25) is 4.90 Å². The highest BCUT2D eigenvalue weighted by atomic mass is 16.5. The average molecular weight is 306 g/mol. The molecule has 2 aliphatic heterocycles. The Morgan fingerprint density at radius 3 is 2.91 bits per heavy atom. The van der Waals surface area contributed by atoms with Crippen LogP contribution in [-0.2, 0) is 29.0 Å². The number of nitrogens with one attached hydrogen (secondary N) is 1. The molecule has 2 N–H and O–H groups in total. The number of fused-ring (bicyclic) bond motifs is 1. The van der Waals surface area contributed by atoms with Crippen LogP contribution in [0.15, 0.2) is 18.2 Å². The summed E-state index contributed by atoms with van der Waals surface area (Å²) in [6, 6.07) is 6.41. The summed E-state index contributed by atoms with van der Waals surface area (Å²) >= 11 is 0. The highest BCUT2D eigenvalue weighted by molar-refractivity contribution is 5.36. The first kappa shape index (κ1) is 15.9. The Balaban J connectivity index is 1.44. The van der Waals surface area contributed by atoms with Crippen molar-refractivity contribution in [1.82, 2.24) is 10.2 Å². The molecule has 1 aromatic carbocycles. The smallest absolute Gasteiger partial charge is 0.0791 e. The van der Waals surface area contributed by atoms with Crippen molar-refractivity contribution in [2.75, 3.05) is 46.0 Å². The van der Waals surface area contributed by atoms with E-state index in [0.717, 1.165) is 59.0 Å². The predicted molar refractivity (Wildman–Crippen MR) is 84.8 cm³/mol. The Kier molecular flexibility index (Phi) is 5.81. The molecule has 22 heavy (non-hydrogen) atoms. The van der Waals surface area contributed by atoms with Gasteiger partial charge in [-0.25, -0.2) is 0 Å².